The summed E-state index contributed by atoms with van der Waals surface area (Å²) < 4.78 is 7.29. The van der Waals surface area contributed by atoms with Crippen molar-refractivity contribution in [2.24, 2.45) is 0 Å². The fourth-order valence-electron chi connectivity index (χ4n) is 4.60. The Morgan fingerprint density at radius 2 is 2.03 bits per heavy atom. The fraction of sp³-hybridized carbons (Fsp3) is 0.182. The van der Waals surface area contributed by atoms with Gasteiger partial charge in [0.05, 0.1) is 11.8 Å². The number of hydrogen-bond donors (Lipinski definition) is 2. The molecule has 30 heavy (non-hydrogen) atoms. The van der Waals surface area contributed by atoms with Gasteiger partial charge in [-0.05, 0) is 36.2 Å². The van der Waals surface area contributed by atoms with Gasteiger partial charge in [0, 0.05) is 35.2 Å². The van der Waals surface area contributed by atoms with Crippen molar-refractivity contribution in [3.63, 3.8) is 0 Å². The summed E-state index contributed by atoms with van der Waals surface area (Å²) >= 11 is 0. The van der Waals surface area contributed by atoms with E-state index in [4.69, 9.17) is 10.2 Å². The number of furan rings is 1. The van der Waals surface area contributed by atoms with Crippen LogP contribution in [-0.2, 0) is 4.79 Å². The zero-order chi connectivity index (χ0) is 20.2. The van der Waals surface area contributed by atoms with Crippen LogP contribution in [0.25, 0.3) is 10.9 Å². The van der Waals surface area contributed by atoms with E-state index in [1.807, 2.05) is 42.5 Å². The second-order valence-electron chi connectivity index (χ2n) is 7.62. The van der Waals surface area contributed by atoms with Crippen molar-refractivity contribution < 1.29 is 9.21 Å². The Labute approximate surface area is 171 Å². The van der Waals surface area contributed by atoms with Gasteiger partial charge in [-0.2, -0.15) is 4.98 Å². The number of allylic oxidation sites excluding steroid dienone is 2. The minimum absolute atomic E-state index is 0.0135. The zero-order valence-corrected chi connectivity index (χ0v) is 15.9. The van der Waals surface area contributed by atoms with Crippen molar-refractivity contribution in [3.05, 3.63) is 77.5 Å². The molecule has 1 aliphatic carbocycles. The maximum absolute atomic E-state index is 13.4. The van der Waals surface area contributed by atoms with Gasteiger partial charge < -0.3 is 15.5 Å². The van der Waals surface area contributed by atoms with Crippen molar-refractivity contribution in [2.75, 3.05) is 11.1 Å². The van der Waals surface area contributed by atoms with Crippen molar-refractivity contribution in [3.8, 4) is 0 Å². The van der Waals surface area contributed by atoms with Gasteiger partial charge in [-0.1, -0.05) is 18.2 Å². The summed E-state index contributed by atoms with van der Waals surface area (Å²) in [4.78, 5) is 22.2. The van der Waals surface area contributed by atoms with Gasteiger partial charge in [-0.25, -0.2) is 4.68 Å². The second kappa shape index (κ2) is 6.28. The number of pyridine rings is 1. The topological polar surface area (TPSA) is 112 Å². The summed E-state index contributed by atoms with van der Waals surface area (Å²) in [6.07, 6.45) is 4.44. The molecule has 4 aromatic rings. The largest absolute Gasteiger partial charge is 0.469 e. The lowest BCUT2D eigenvalue weighted by Gasteiger charge is -2.34. The quantitative estimate of drug-likeness (QED) is 0.532. The predicted octanol–water partition coefficient (Wildman–Crippen LogP) is 3.42. The molecule has 3 N–H and O–H groups in total. The maximum atomic E-state index is 13.4. The minimum Gasteiger partial charge on any atom is -0.469 e. The molecule has 148 valence electrons. The highest BCUT2D eigenvalue weighted by Crippen LogP contribution is 2.45. The van der Waals surface area contributed by atoms with E-state index in [1.165, 1.54) is 0 Å². The molecule has 8 nitrogen and oxygen atoms in total. The number of rotatable bonds is 2. The Bertz CT molecular complexity index is 1320. The molecule has 6 rings (SSSR count). The number of nitrogen functional groups attached to an aromatic ring is 1. The molecule has 3 aromatic heterocycles. The Morgan fingerprint density at radius 3 is 2.90 bits per heavy atom. The van der Waals surface area contributed by atoms with Gasteiger partial charge in [-0.3, -0.25) is 9.78 Å². The lowest BCUT2D eigenvalue weighted by atomic mass is 9.79. The van der Waals surface area contributed by atoms with E-state index in [0.717, 1.165) is 27.9 Å². The first-order valence-electron chi connectivity index (χ1n) is 9.81. The average Bonchev–Trinajstić information content (AvgIpc) is 3.41. The molecule has 0 saturated heterocycles. The lowest BCUT2D eigenvalue weighted by molar-refractivity contribution is -0.116. The number of aromatic nitrogens is 4. The highest BCUT2D eigenvalue weighted by Gasteiger charge is 2.40. The van der Waals surface area contributed by atoms with Gasteiger partial charge in [0.25, 0.3) is 0 Å². The molecule has 0 radical (unpaired) electrons. The van der Waals surface area contributed by atoms with Crippen molar-refractivity contribution in [2.45, 2.75) is 24.8 Å². The van der Waals surface area contributed by atoms with E-state index >= 15 is 0 Å². The average molecular weight is 398 g/mol. The standard InChI is InChI=1S/C22H18N6O2/c23-21-26-22-25-16-10-12(18-6-3-9-30-18)11-17(29)19(16)20(28(22)27-21)14-7-8-24-15-5-2-1-4-13(14)15/h1-9,12,20H,10-11H2,(H3,23,25,26,27)/t12-,20+/m1/s1. The molecule has 0 spiro atoms. The smallest absolute Gasteiger partial charge is 0.241 e. The first-order valence-corrected chi connectivity index (χ1v) is 9.81. The first kappa shape index (κ1) is 17.0. The van der Waals surface area contributed by atoms with Crippen LogP contribution >= 0.6 is 0 Å². The fourth-order valence-corrected chi connectivity index (χ4v) is 4.60. The number of fused-ring (bicyclic) bond motifs is 2. The zero-order valence-electron chi connectivity index (χ0n) is 15.9. The normalized spacial score (nSPS) is 20.7. The molecule has 4 heterocycles. The maximum Gasteiger partial charge on any atom is 0.241 e. The first-order chi connectivity index (χ1) is 14.7. The molecule has 2 atom stereocenters. The summed E-state index contributed by atoms with van der Waals surface area (Å²) in [5.41, 5.74) is 9.28. The van der Waals surface area contributed by atoms with Crippen LogP contribution in [0.2, 0.25) is 0 Å². The number of anilines is 2. The number of hydrogen-bond acceptors (Lipinski definition) is 7. The third kappa shape index (κ3) is 2.46. The minimum atomic E-state index is -0.418. The highest BCUT2D eigenvalue weighted by molar-refractivity contribution is 6.01. The molecule has 0 fully saturated rings. The van der Waals surface area contributed by atoms with Crippen molar-refractivity contribution >= 4 is 28.6 Å². The third-order valence-corrected chi connectivity index (χ3v) is 5.86. The molecule has 1 aromatic carbocycles. The molecular weight excluding hydrogens is 380 g/mol. The Balaban J connectivity index is 1.56. The van der Waals surface area contributed by atoms with E-state index in [9.17, 15) is 4.79 Å². The second-order valence-corrected chi connectivity index (χ2v) is 7.62. The number of carbonyl (C=O) groups excluding carboxylic acids is 1. The number of benzene rings is 1. The monoisotopic (exact) mass is 398 g/mol. The molecule has 2 aliphatic rings. The number of nitrogens with two attached hydrogens (primary N) is 1. The number of nitrogens with zero attached hydrogens (tertiary/aromatic N) is 4. The van der Waals surface area contributed by atoms with Gasteiger partial charge in [-0.15, -0.1) is 5.10 Å². The van der Waals surface area contributed by atoms with E-state index in [1.54, 1.807) is 17.1 Å². The molecule has 0 bridgehead atoms. The molecule has 1 aliphatic heterocycles. The highest BCUT2D eigenvalue weighted by atomic mass is 16.3. The van der Waals surface area contributed by atoms with Crippen LogP contribution in [0.4, 0.5) is 11.9 Å². The summed E-state index contributed by atoms with van der Waals surface area (Å²) in [7, 11) is 0. The number of carbonyl (C=O) groups is 1. The summed E-state index contributed by atoms with van der Waals surface area (Å²) in [6, 6.07) is 13.2. The van der Waals surface area contributed by atoms with Gasteiger partial charge in [0.2, 0.25) is 11.9 Å². The molecule has 0 saturated carbocycles. The van der Waals surface area contributed by atoms with Crippen molar-refractivity contribution in [1.29, 1.82) is 0 Å². The SMILES string of the molecule is Nc1nc2n(n1)[C@@H](c1ccnc3ccccc13)C1=C(C[C@@H](c3ccco3)CC1=O)N2. The van der Waals surface area contributed by atoms with Crippen LogP contribution in [0.15, 0.2) is 70.6 Å². The van der Waals surface area contributed by atoms with E-state index in [2.05, 4.69) is 20.4 Å². The van der Waals surface area contributed by atoms with E-state index in [-0.39, 0.29) is 17.6 Å². The lowest BCUT2D eigenvalue weighted by Crippen LogP contribution is -2.33. The van der Waals surface area contributed by atoms with E-state index < -0.39 is 6.04 Å². The Hall–Kier alpha value is -3.94. The van der Waals surface area contributed by atoms with Crippen LogP contribution in [-0.4, -0.2) is 25.5 Å². The Morgan fingerprint density at radius 1 is 1.13 bits per heavy atom. The van der Waals surface area contributed by atoms with Crippen LogP contribution in [0.5, 0.6) is 0 Å². The Kier molecular flexibility index (Phi) is 3.55. The molecule has 0 amide bonds. The van der Waals surface area contributed by atoms with Gasteiger partial charge >= 0.3 is 0 Å². The number of ketones is 1. The summed E-state index contributed by atoms with van der Waals surface area (Å²) in [5.74, 6) is 1.56. The van der Waals surface area contributed by atoms with Crippen LogP contribution in [0.3, 0.4) is 0 Å². The van der Waals surface area contributed by atoms with Crippen LogP contribution in [0.1, 0.15) is 36.1 Å². The number of nitrogens with one attached hydrogen (secondary N) is 1. The predicted molar refractivity (Wildman–Crippen MR) is 111 cm³/mol. The molecule has 8 heteroatoms. The van der Waals surface area contributed by atoms with Gasteiger partial charge in [0.1, 0.15) is 11.8 Å². The number of para-hydroxylation sites is 1. The van der Waals surface area contributed by atoms with Crippen LogP contribution in [0, 0.1) is 0 Å². The summed E-state index contributed by atoms with van der Waals surface area (Å²) in [5, 5.41) is 8.68. The van der Waals surface area contributed by atoms with E-state index in [0.29, 0.717) is 24.4 Å². The number of Topliss-reactive ketones (excluding diaryl/α,β-unsaturated/α-hetero) is 1. The van der Waals surface area contributed by atoms with Crippen molar-refractivity contribution in [1.82, 2.24) is 19.7 Å². The van der Waals surface area contributed by atoms with Crippen LogP contribution < -0.4 is 11.1 Å². The van der Waals surface area contributed by atoms with Gasteiger partial charge in [0.15, 0.2) is 5.78 Å². The molecule has 0 unspecified atom stereocenters. The third-order valence-electron chi connectivity index (χ3n) is 5.86. The summed E-state index contributed by atoms with van der Waals surface area (Å²) in [6.45, 7) is 0. The molecular formula is C22H18N6O2.